The van der Waals surface area contributed by atoms with Gasteiger partial charge >= 0.3 is 0 Å². The zero-order valence-electron chi connectivity index (χ0n) is 23.3. The molecular weight excluding hydrogens is 524 g/mol. The summed E-state index contributed by atoms with van der Waals surface area (Å²) in [6, 6.07) is 10.9. The molecule has 214 valence electrons. The van der Waals surface area contributed by atoms with Crippen molar-refractivity contribution < 1.29 is 24.0 Å². The van der Waals surface area contributed by atoms with E-state index in [4.69, 9.17) is 9.51 Å². The predicted octanol–water partition coefficient (Wildman–Crippen LogP) is 2.79. The Labute approximate surface area is 237 Å². The van der Waals surface area contributed by atoms with Gasteiger partial charge in [-0.15, -0.1) is 0 Å². The van der Waals surface area contributed by atoms with E-state index in [-0.39, 0.29) is 24.8 Å². The highest BCUT2D eigenvalue weighted by Crippen LogP contribution is 2.50. The van der Waals surface area contributed by atoms with Crippen molar-refractivity contribution in [2.75, 3.05) is 13.1 Å². The molecule has 5 heterocycles. The normalized spacial score (nSPS) is 24.4. The molecule has 6 rings (SSSR count). The Balaban J connectivity index is 1.21. The van der Waals surface area contributed by atoms with Crippen LogP contribution in [0, 0.1) is 5.41 Å². The number of pyridine rings is 1. The summed E-state index contributed by atoms with van der Waals surface area (Å²) in [6.07, 6.45) is 3.83. The molecule has 0 radical (unpaired) electrons. The van der Waals surface area contributed by atoms with Gasteiger partial charge in [0.05, 0.1) is 23.5 Å². The van der Waals surface area contributed by atoms with E-state index in [2.05, 4.69) is 46.3 Å². The maximum atomic E-state index is 13.2. The highest BCUT2D eigenvalue weighted by Gasteiger charge is 2.54. The van der Waals surface area contributed by atoms with Gasteiger partial charge in [-0.05, 0) is 43.4 Å². The molecule has 0 bridgehead atoms. The number of nitrogens with one attached hydrogen (secondary N) is 1. The van der Waals surface area contributed by atoms with Gasteiger partial charge in [0.2, 0.25) is 24.0 Å². The van der Waals surface area contributed by atoms with Gasteiger partial charge in [0.25, 0.3) is 5.91 Å². The Kier molecular flexibility index (Phi) is 6.95. The molecule has 3 aliphatic rings. The Hall–Kier alpha value is -3.96. The van der Waals surface area contributed by atoms with Gasteiger partial charge in [-0.1, -0.05) is 43.3 Å². The molecule has 0 unspecified atom stereocenters. The van der Waals surface area contributed by atoms with Gasteiger partial charge in [0.1, 0.15) is 11.6 Å². The van der Waals surface area contributed by atoms with Crippen LogP contribution in [0.3, 0.4) is 0 Å². The molecule has 0 aliphatic carbocycles. The van der Waals surface area contributed by atoms with Gasteiger partial charge < -0.3 is 14.5 Å². The van der Waals surface area contributed by atoms with E-state index >= 15 is 0 Å². The number of likely N-dealkylation sites (tertiary alicyclic amines) is 1. The molecule has 0 saturated carbocycles. The molecule has 3 aromatic rings. The molecule has 1 aromatic carbocycles. The van der Waals surface area contributed by atoms with E-state index < -0.39 is 23.0 Å². The van der Waals surface area contributed by atoms with Crippen LogP contribution in [0.25, 0.3) is 11.4 Å². The summed E-state index contributed by atoms with van der Waals surface area (Å²) in [5.41, 5.74) is 2.02. The number of imide groups is 1. The SMILES string of the molecule is CCC1(CC)CN(Cc2ccc(-c3ncon3)cc2)CC[C@]1(O)c1ccc2c(n1)CN([C@@H]1CCC(=O)NC1=O)C2=O. The maximum Gasteiger partial charge on any atom is 0.256 e. The predicted molar refractivity (Wildman–Crippen MR) is 147 cm³/mol. The van der Waals surface area contributed by atoms with Crippen molar-refractivity contribution in [2.24, 2.45) is 5.41 Å². The number of aliphatic hydroxyl groups is 1. The number of hydrogen-bond acceptors (Lipinski definition) is 9. The number of benzene rings is 1. The number of amides is 3. The van der Waals surface area contributed by atoms with E-state index in [0.29, 0.717) is 48.7 Å². The Morgan fingerprint density at radius 2 is 1.88 bits per heavy atom. The number of fused-ring (bicyclic) bond motifs is 1. The first-order valence-corrected chi connectivity index (χ1v) is 14.2. The van der Waals surface area contributed by atoms with Crippen LogP contribution in [-0.2, 0) is 28.3 Å². The van der Waals surface area contributed by atoms with Crippen LogP contribution in [0.5, 0.6) is 0 Å². The minimum absolute atomic E-state index is 0.182. The van der Waals surface area contributed by atoms with E-state index in [9.17, 15) is 19.5 Å². The molecule has 2 aromatic heterocycles. The van der Waals surface area contributed by atoms with Crippen LogP contribution in [0.2, 0.25) is 0 Å². The maximum absolute atomic E-state index is 13.2. The van der Waals surface area contributed by atoms with Crippen LogP contribution >= 0.6 is 0 Å². The fraction of sp³-hybridized carbons (Fsp3) is 0.467. The first-order valence-electron chi connectivity index (χ1n) is 14.2. The number of carbonyl (C=O) groups is 3. The number of rotatable bonds is 7. The van der Waals surface area contributed by atoms with Crippen molar-refractivity contribution in [3.63, 3.8) is 0 Å². The molecule has 2 saturated heterocycles. The Morgan fingerprint density at radius 3 is 2.56 bits per heavy atom. The number of hydrogen-bond donors (Lipinski definition) is 2. The van der Waals surface area contributed by atoms with Crippen LogP contribution in [0.4, 0.5) is 0 Å². The fourth-order valence-electron chi connectivity index (χ4n) is 6.80. The van der Waals surface area contributed by atoms with Crippen LogP contribution in [0.15, 0.2) is 47.3 Å². The molecule has 3 amide bonds. The highest BCUT2D eigenvalue weighted by molar-refractivity contribution is 6.05. The second kappa shape index (κ2) is 10.5. The third kappa shape index (κ3) is 4.62. The lowest BCUT2D eigenvalue weighted by molar-refractivity contribution is -0.151. The lowest BCUT2D eigenvalue weighted by Gasteiger charge is -2.53. The number of aromatic nitrogens is 3. The summed E-state index contributed by atoms with van der Waals surface area (Å²) in [7, 11) is 0. The average molecular weight is 559 g/mol. The summed E-state index contributed by atoms with van der Waals surface area (Å²) in [5.74, 6) is -0.480. The molecule has 3 aliphatic heterocycles. The van der Waals surface area contributed by atoms with Crippen LogP contribution in [-0.4, -0.2) is 66.9 Å². The smallest absolute Gasteiger partial charge is 0.256 e. The lowest BCUT2D eigenvalue weighted by Crippen LogP contribution is -2.57. The van der Waals surface area contributed by atoms with Crippen molar-refractivity contribution in [1.29, 1.82) is 0 Å². The molecular formula is C30H34N6O5. The van der Waals surface area contributed by atoms with E-state index in [1.807, 2.05) is 12.1 Å². The summed E-state index contributed by atoms with van der Waals surface area (Å²) >= 11 is 0. The van der Waals surface area contributed by atoms with Crippen molar-refractivity contribution in [3.8, 4) is 11.4 Å². The zero-order chi connectivity index (χ0) is 28.8. The summed E-state index contributed by atoms with van der Waals surface area (Å²) in [6.45, 7) is 6.53. The molecule has 2 N–H and O–H groups in total. The first kappa shape index (κ1) is 27.2. The van der Waals surface area contributed by atoms with Crippen molar-refractivity contribution in [1.82, 2.24) is 30.2 Å². The van der Waals surface area contributed by atoms with Crippen LogP contribution < -0.4 is 5.32 Å². The summed E-state index contributed by atoms with van der Waals surface area (Å²) in [4.78, 5) is 50.1. The van der Waals surface area contributed by atoms with Crippen LogP contribution in [0.1, 0.15) is 73.3 Å². The minimum Gasteiger partial charge on any atom is -0.383 e. The topological polar surface area (TPSA) is 142 Å². The van der Waals surface area contributed by atoms with Crippen molar-refractivity contribution in [3.05, 3.63) is 65.3 Å². The monoisotopic (exact) mass is 558 g/mol. The van der Waals surface area contributed by atoms with Crippen molar-refractivity contribution >= 4 is 17.7 Å². The highest BCUT2D eigenvalue weighted by atomic mass is 16.5. The van der Waals surface area contributed by atoms with Gasteiger partial charge in [-0.25, -0.2) is 0 Å². The first-order chi connectivity index (χ1) is 19.8. The summed E-state index contributed by atoms with van der Waals surface area (Å²) < 4.78 is 4.85. The van der Waals surface area contributed by atoms with Gasteiger partial charge in [0, 0.05) is 37.0 Å². The van der Waals surface area contributed by atoms with E-state index in [1.54, 1.807) is 12.1 Å². The van der Waals surface area contributed by atoms with Gasteiger partial charge in [-0.3, -0.25) is 29.6 Å². The van der Waals surface area contributed by atoms with Gasteiger partial charge in [-0.2, -0.15) is 4.98 Å². The Bertz CT molecular complexity index is 1470. The third-order valence-electron chi connectivity index (χ3n) is 9.32. The fourth-order valence-corrected chi connectivity index (χ4v) is 6.80. The molecule has 2 fully saturated rings. The lowest BCUT2D eigenvalue weighted by atomic mass is 9.62. The Morgan fingerprint density at radius 1 is 1.10 bits per heavy atom. The largest absolute Gasteiger partial charge is 0.383 e. The quantitative estimate of drug-likeness (QED) is 0.419. The number of nitrogens with zero attached hydrogens (tertiary/aromatic N) is 5. The number of piperidine rings is 2. The second-order valence-corrected chi connectivity index (χ2v) is 11.4. The third-order valence-corrected chi connectivity index (χ3v) is 9.32. The zero-order valence-corrected chi connectivity index (χ0v) is 23.3. The molecule has 2 atom stereocenters. The van der Waals surface area contributed by atoms with Crippen molar-refractivity contribution in [2.45, 2.75) is 70.7 Å². The van der Waals surface area contributed by atoms with E-state index in [0.717, 1.165) is 30.5 Å². The number of carbonyl (C=O) groups excluding carboxylic acids is 3. The van der Waals surface area contributed by atoms with Gasteiger partial charge in [0.15, 0.2) is 0 Å². The standard InChI is InChI=1S/C30H34N6O5/c1-3-29(4-2)17-35(15-19-5-7-20(8-6-19)26-31-18-41-34-26)14-13-30(29,40)24-11-9-21-22(32-24)16-36(28(21)39)23-10-12-25(37)33-27(23)38/h5-9,11,18,23,40H,3-4,10,12-17H2,1-2H3,(H,33,37,38)/t23-,30+/m1/s1. The summed E-state index contributed by atoms with van der Waals surface area (Å²) in [5, 5.41) is 18.6. The molecule has 41 heavy (non-hydrogen) atoms. The minimum atomic E-state index is -1.17. The second-order valence-electron chi connectivity index (χ2n) is 11.4. The molecule has 11 heteroatoms. The molecule has 0 spiro atoms. The average Bonchev–Trinajstić information content (AvgIpc) is 3.63. The molecule has 11 nitrogen and oxygen atoms in total. The van der Waals surface area contributed by atoms with E-state index in [1.165, 1.54) is 11.3 Å².